The molecule has 1 fully saturated rings. The van der Waals surface area contributed by atoms with Crippen molar-refractivity contribution in [2.24, 2.45) is 11.3 Å². The first-order valence-corrected chi connectivity index (χ1v) is 7.63. The molecule has 0 bridgehead atoms. The van der Waals surface area contributed by atoms with Crippen LogP contribution in [-0.2, 0) is 6.42 Å². The Morgan fingerprint density at radius 1 is 1.16 bits per heavy atom. The van der Waals surface area contributed by atoms with Crippen molar-refractivity contribution in [3.05, 3.63) is 34.9 Å². The molecule has 1 saturated carbocycles. The number of hydrogen-bond donors (Lipinski definition) is 1. The zero-order valence-electron chi connectivity index (χ0n) is 12.2. The Morgan fingerprint density at radius 3 is 2.16 bits per heavy atom. The van der Waals surface area contributed by atoms with Gasteiger partial charge in [-0.1, -0.05) is 44.5 Å². The van der Waals surface area contributed by atoms with Gasteiger partial charge in [0.25, 0.3) is 0 Å². The first-order chi connectivity index (χ1) is 8.78. The predicted molar refractivity (Wildman–Crippen MR) is 81.5 cm³/mol. The average molecular weight is 281 g/mol. The van der Waals surface area contributed by atoms with Crippen LogP contribution in [0.15, 0.2) is 24.3 Å². The van der Waals surface area contributed by atoms with Crippen LogP contribution in [-0.4, -0.2) is 10.7 Å². The van der Waals surface area contributed by atoms with E-state index >= 15 is 0 Å². The third-order valence-electron chi connectivity index (χ3n) is 4.59. The fourth-order valence-electron chi connectivity index (χ4n) is 3.18. The minimum absolute atomic E-state index is 0.363. The van der Waals surface area contributed by atoms with Crippen molar-refractivity contribution in [1.82, 2.24) is 0 Å². The largest absolute Gasteiger partial charge is 0.390 e. The van der Waals surface area contributed by atoms with E-state index in [0.717, 1.165) is 43.0 Å². The Labute approximate surface area is 122 Å². The standard InChI is InChI=1S/C17H25ClO/c1-16(2,3)14-8-10-17(19,11-9-14)12-13-4-6-15(18)7-5-13/h4-7,14,19H,8-12H2,1-3H3. The highest BCUT2D eigenvalue weighted by Crippen LogP contribution is 2.42. The molecule has 0 saturated heterocycles. The lowest BCUT2D eigenvalue weighted by molar-refractivity contribution is -0.0245. The van der Waals surface area contributed by atoms with E-state index < -0.39 is 5.60 Å². The quantitative estimate of drug-likeness (QED) is 0.821. The monoisotopic (exact) mass is 280 g/mol. The van der Waals surface area contributed by atoms with Gasteiger partial charge in [0.1, 0.15) is 0 Å². The minimum Gasteiger partial charge on any atom is -0.390 e. The lowest BCUT2D eigenvalue weighted by atomic mass is 9.67. The van der Waals surface area contributed by atoms with Crippen LogP contribution in [0.1, 0.15) is 52.0 Å². The molecule has 1 nitrogen and oxygen atoms in total. The fraction of sp³-hybridized carbons (Fsp3) is 0.647. The highest BCUT2D eigenvalue weighted by atomic mass is 35.5. The van der Waals surface area contributed by atoms with E-state index in [1.807, 2.05) is 24.3 Å². The van der Waals surface area contributed by atoms with Crippen LogP contribution in [0.2, 0.25) is 5.02 Å². The van der Waals surface area contributed by atoms with Gasteiger partial charge in [0.2, 0.25) is 0 Å². The number of hydrogen-bond acceptors (Lipinski definition) is 1. The summed E-state index contributed by atoms with van der Waals surface area (Å²) in [7, 11) is 0. The van der Waals surface area contributed by atoms with Gasteiger partial charge < -0.3 is 5.11 Å². The van der Waals surface area contributed by atoms with Gasteiger partial charge in [-0.3, -0.25) is 0 Å². The van der Waals surface area contributed by atoms with E-state index in [0.29, 0.717) is 5.41 Å². The van der Waals surface area contributed by atoms with Gasteiger partial charge in [0.15, 0.2) is 0 Å². The molecular formula is C17H25ClO. The van der Waals surface area contributed by atoms with Crippen LogP contribution >= 0.6 is 11.6 Å². The maximum Gasteiger partial charge on any atom is 0.0688 e. The van der Waals surface area contributed by atoms with E-state index in [2.05, 4.69) is 20.8 Å². The molecule has 0 radical (unpaired) electrons. The summed E-state index contributed by atoms with van der Waals surface area (Å²) in [4.78, 5) is 0. The Kier molecular flexibility index (Phi) is 4.27. The topological polar surface area (TPSA) is 20.2 Å². The van der Waals surface area contributed by atoms with Crippen molar-refractivity contribution in [2.45, 2.75) is 58.5 Å². The molecule has 0 unspecified atom stereocenters. The second-order valence-electron chi connectivity index (χ2n) is 7.17. The van der Waals surface area contributed by atoms with E-state index in [1.54, 1.807) is 0 Å². The lowest BCUT2D eigenvalue weighted by Crippen LogP contribution is -2.39. The number of aliphatic hydroxyl groups is 1. The van der Waals surface area contributed by atoms with Crippen LogP contribution in [0.25, 0.3) is 0 Å². The summed E-state index contributed by atoms with van der Waals surface area (Å²) in [6.07, 6.45) is 4.84. The lowest BCUT2D eigenvalue weighted by Gasteiger charge is -2.41. The molecule has 1 aliphatic carbocycles. The van der Waals surface area contributed by atoms with Crippen molar-refractivity contribution in [1.29, 1.82) is 0 Å². The average Bonchev–Trinajstić information content (AvgIpc) is 2.31. The van der Waals surface area contributed by atoms with Gasteiger partial charge >= 0.3 is 0 Å². The maximum absolute atomic E-state index is 10.7. The van der Waals surface area contributed by atoms with Crippen LogP contribution in [0.5, 0.6) is 0 Å². The molecular weight excluding hydrogens is 256 g/mol. The molecule has 0 aliphatic heterocycles. The van der Waals surface area contributed by atoms with E-state index in [-0.39, 0.29) is 0 Å². The first kappa shape index (κ1) is 14.9. The van der Waals surface area contributed by atoms with Crippen LogP contribution in [0.3, 0.4) is 0 Å². The summed E-state index contributed by atoms with van der Waals surface area (Å²) in [5.74, 6) is 0.734. The summed E-state index contributed by atoms with van der Waals surface area (Å²) in [5, 5.41) is 11.5. The molecule has 1 N–H and O–H groups in total. The van der Waals surface area contributed by atoms with Gasteiger partial charge in [-0.2, -0.15) is 0 Å². The fourth-order valence-corrected chi connectivity index (χ4v) is 3.31. The molecule has 1 aromatic carbocycles. The van der Waals surface area contributed by atoms with E-state index in [4.69, 9.17) is 11.6 Å². The number of rotatable bonds is 2. The third kappa shape index (κ3) is 3.97. The molecule has 0 aromatic heterocycles. The molecule has 1 aliphatic rings. The normalized spacial score (nSPS) is 28.4. The van der Waals surface area contributed by atoms with Crippen molar-refractivity contribution < 1.29 is 5.11 Å². The molecule has 19 heavy (non-hydrogen) atoms. The van der Waals surface area contributed by atoms with Gasteiger partial charge in [0, 0.05) is 11.4 Å². The van der Waals surface area contributed by atoms with Crippen molar-refractivity contribution in [3.8, 4) is 0 Å². The van der Waals surface area contributed by atoms with Gasteiger partial charge in [-0.25, -0.2) is 0 Å². The van der Waals surface area contributed by atoms with Crippen molar-refractivity contribution in [2.75, 3.05) is 0 Å². The van der Waals surface area contributed by atoms with Crippen molar-refractivity contribution >= 4 is 11.6 Å². The summed E-state index contributed by atoms with van der Waals surface area (Å²) in [6.45, 7) is 6.92. The van der Waals surface area contributed by atoms with Crippen LogP contribution in [0.4, 0.5) is 0 Å². The second-order valence-corrected chi connectivity index (χ2v) is 7.60. The highest BCUT2D eigenvalue weighted by Gasteiger charge is 2.37. The van der Waals surface area contributed by atoms with Gasteiger partial charge in [-0.15, -0.1) is 0 Å². The number of halogens is 1. The molecule has 2 rings (SSSR count). The zero-order valence-corrected chi connectivity index (χ0v) is 13.0. The first-order valence-electron chi connectivity index (χ1n) is 7.25. The zero-order chi connectivity index (χ0) is 14.1. The Morgan fingerprint density at radius 2 is 1.68 bits per heavy atom. The molecule has 106 valence electrons. The highest BCUT2D eigenvalue weighted by molar-refractivity contribution is 6.30. The minimum atomic E-state index is -0.518. The smallest absolute Gasteiger partial charge is 0.0688 e. The molecule has 0 heterocycles. The van der Waals surface area contributed by atoms with E-state index in [9.17, 15) is 5.11 Å². The third-order valence-corrected chi connectivity index (χ3v) is 4.84. The number of benzene rings is 1. The molecule has 0 atom stereocenters. The Bertz CT molecular complexity index is 408. The second kappa shape index (κ2) is 5.46. The van der Waals surface area contributed by atoms with Crippen LogP contribution < -0.4 is 0 Å². The Balaban J connectivity index is 1.96. The summed E-state index contributed by atoms with van der Waals surface area (Å²) < 4.78 is 0. The molecule has 2 heteroatoms. The van der Waals surface area contributed by atoms with Gasteiger partial charge in [0.05, 0.1) is 5.60 Å². The SMILES string of the molecule is CC(C)(C)C1CCC(O)(Cc2ccc(Cl)cc2)CC1. The molecule has 0 spiro atoms. The maximum atomic E-state index is 10.7. The summed E-state index contributed by atoms with van der Waals surface area (Å²) in [6, 6.07) is 7.86. The molecule has 1 aromatic rings. The van der Waals surface area contributed by atoms with Gasteiger partial charge in [-0.05, 0) is 54.7 Å². The van der Waals surface area contributed by atoms with Crippen molar-refractivity contribution in [3.63, 3.8) is 0 Å². The summed E-state index contributed by atoms with van der Waals surface area (Å²) in [5.41, 5.74) is 1.03. The predicted octanol–water partition coefficient (Wildman–Crippen LogP) is 4.85. The Hall–Kier alpha value is -0.530. The molecule has 0 amide bonds. The van der Waals surface area contributed by atoms with Crippen LogP contribution in [0, 0.1) is 11.3 Å². The van der Waals surface area contributed by atoms with E-state index in [1.165, 1.54) is 5.56 Å². The summed E-state index contributed by atoms with van der Waals surface area (Å²) >= 11 is 5.90.